The van der Waals surface area contributed by atoms with E-state index in [1.54, 1.807) is 12.3 Å². The maximum atomic E-state index is 13.3. The molecule has 0 aliphatic carbocycles. The number of aliphatic hydroxyl groups is 1. The van der Waals surface area contributed by atoms with Gasteiger partial charge in [-0.15, -0.1) is 0 Å². The average Bonchev–Trinajstić information content (AvgIpc) is 2.60. The van der Waals surface area contributed by atoms with Gasteiger partial charge in [0.2, 0.25) is 0 Å². The summed E-state index contributed by atoms with van der Waals surface area (Å²) >= 11 is 0. The second kappa shape index (κ2) is 7.42. The van der Waals surface area contributed by atoms with Gasteiger partial charge in [-0.1, -0.05) is 12.1 Å². The molecule has 0 atom stereocenters. The molecular weight excluding hydrogens is 293 g/mol. The van der Waals surface area contributed by atoms with Crippen LogP contribution >= 0.6 is 0 Å². The van der Waals surface area contributed by atoms with E-state index in [2.05, 4.69) is 15.2 Å². The van der Waals surface area contributed by atoms with Gasteiger partial charge in [0.15, 0.2) is 5.82 Å². The first kappa shape index (κ1) is 15.7. The van der Waals surface area contributed by atoms with E-state index in [4.69, 9.17) is 0 Å². The lowest BCUT2D eigenvalue weighted by Gasteiger charge is -2.33. The third kappa shape index (κ3) is 3.99. The highest BCUT2D eigenvalue weighted by molar-refractivity contribution is 5.65. The van der Waals surface area contributed by atoms with Crippen LogP contribution in [0.3, 0.4) is 0 Å². The van der Waals surface area contributed by atoms with Crippen molar-refractivity contribution in [2.45, 2.75) is 19.4 Å². The topological polar surface area (TPSA) is 48.4 Å². The molecule has 1 aromatic heterocycles. The number of hydrogen-bond donors (Lipinski definition) is 2. The van der Waals surface area contributed by atoms with Crippen molar-refractivity contribution in [2.24, 2.45) is 5.92 Å². The summed E-state index contributed by atoms with van der Waals surface area (Å²) in [7, 11) is 0. The van der Waals surface area contributed by atoms with E-state index in [9.17, 15) is 9.50 Å². The Labute approximate surface area is 136 Å². The number of benzene rings is 1. The van der Waals surface area contributed by atoms with E-state index in [0.717, 1.165) is 43.0 Å². The minimum Gasteiger partial charge on any atom is -0.396 e. The molecule has 4 nitrogen and oxygen atoms in total. The van der Waals surface area contributed by atoms with Crippen molar-refractivity contribution in [1.82, 2.24) is 4.98 Å². The second-order valence-electron chi connectivity index (χ2n) is 5.97. The van der Waals surface area contributed by atoms with Crippen LogP contribution in [0.4, 0.5) is 15.9 Å². The Morgan fingerprint density at radius 2 is 2.04 bits per heavy atom. The molecule has 23 heavy (non-hydrogen) atoms. The largest absolute Gasteiger partial charge is 0.396 e. The van der Waals surface area contributed by atoms with Crippen molar-refractivity contribution in [3.8, 4) is 0 Å². The molecule has 1 saturated heterocycles. The van der Waals surface area contributed by atoms with E-state index in [-0.39, 0.29) is 12.4 Å². The Morgan fingerprint density at radius 3 is 2.78 bits per heavy atom. The molecule has 0 saturated carbocycles. The molecule has 1 aliphatic rings. The first-order valence-electron chi connectivity index (χ1n) is 8.05. The Hall–Kier alpha value is -2.14. The Morgan fingerprint density at radius 1 is 1.22 bits per heavy atom. The third-order valence-corrected chi connectivity index (χ3v) is 4.33. The molecule has 3 rings (SSSR count). The Bertz CT molecular complexity index is 642. The predicted octanol–water partition coefficient (Wildman–Crippen LogP) is 3.04. The van der Waals surface area contributed by atoms with Crippen LogP contribution in [0, 0.1) is 11.7 Å². The monoisotopic (exact) mass is 315 g/mol. The smallest absolute Gasteiger partial charge is 0.151 e. The number of halogens is 1. The molecule has 2 N–H and O–H groups in total. The molecule has 2 aromatic rings. The van der Waals surface area contributed by atoms with E-state index in [1.165, 1.54) is 12.1 Å². The van der Waals surface area contributed by atoms with Gasteiger partial charge < -0.3 is 15.3 Å². The highest BCUT2D eigenvalue weighted by Gasteiger charge is 2.21. The van der Waals surface area contributed by atoms with Crippen molar-refractivity contribution >= 4 is 11.5 Å². The van der Waals surface area contributed by atoms with Crippen LogP contribution in [0.25, 0.3) is 0 Å². The number of aromatic nitrogens is 1. The SMILES string of the molecule is OCC1CCN(c2ncccc2NCc2cccc(F)c2)CC1. The van der Waals surface area contributed by atoms with Gasteiger partial charge in [-0.05, 0) is 48.6 Å². The van der Waals surface area contributed by atoms with Crippen LogP contribution in [0.15, 0.2) is 42.6 Å². The molecule has 0 radical (unpaired) electrons. The van der Waals surface area contributed by atoms with Crippen molar-refractivity contribution in [2.75, 3.05) is 29.9 Å². The summed E-state index contributed by atoms with van der Waals surface area (Å²) in [5, 5.41) is 12.6. The normalized spacial score (nSPS) is 15.7. The lowest BCUT2D eigenvalue weighted by atomic mass is 9.98. The Balaban J connectivity index is 1.68. The summed E-state index contributed by atoms with van der Waals surface area (Å²) in [5.74, 6) is 1.11. The van der Waals surface area contributed by atoms with E-state index in [1.807, 2.05) is 18.2 Å². The molecule has 2 heterocycles. The van der Waals surface area contributed by atoms with Crippen LogP contribution in [-0.4, -0.2) is 29.8 Å². The number of hydrogen-bond acceptors (Lipinski definition) is 4. The number of anilines is 2. The zero-order chi connectivity index (χ0) is 16.1. The highest BCUT2D eigenvalue weighted by Crippen LogP contribution is 2.27. The summed E-state index contributed by atoms with van der Waals surface area (Å²) in [5.41, 5.74) is 1.86. The van der Waals surface area contributed by atoms with Gasteiger partial charge in [0, 0.05) is 32.4 Å². The fraction of sp³-hybridized carbons (Fsp3) is 0.389. The van der Waals surface area contributed by atoms with Gasteiger partial charge in [0.1, 0.15) is 5.82 Å². The fourth-order valence-electron chi connectivity index (χ4n) is 2.96. The molecule has 0 amide bonds. The van der Waals surface area contributed by atoms with Crippen LogP contribution in [-0.2, 0) is 6.54 Å². The number of nitrogens with one attached hydrogen (secondary N) is 1. The molecular formula is C18H22FN3O. The lowest BCUT2D eigenvalue weighted by molar-refractivity contribution is 0.203. The van der Waals surface area contributed by atoms with Crippen molar-refractivity contribution < 1.29 is 9.50 Å². The first-order valence-corrected chi connectivity index (χ1v) is 8.05. The molecule has 1 aromatic carbocycles. The van der Waals surface area contributed by atoms with Crippen LogP contribution < -0.4 is 10.2 Å². The van der Waals surface area contributed by atoms with Crippen molar-refractivity contribution in [1.29, 1.82) is 0 Å². The summed E-state index contributed by atoms with van der Waals surface area (Å²) < 4.78 is 13.3. The predicted molar refractivity (Wildman–Crippen MR) is 90.0 cm³/mol. The van der Waals surface area contributed by atoms with Crippen molar-refractivity contribution in [3.63, 3.8) is 0 Å². The standard InChI is InChI=1S/C18H22FN3O/c19-16-4-1-3-15(11-16)12-21-17-5-2-8-20-18(17)22-9-6-14(13-23)7-10-22/h1-5,8,11,14,21,23H,6-7,9-10,12-13H2. The van der Waals surface area contributed by atoms with Gasteiger partial charge in [-0.25, -0.2) is 9.37 Å². The van der Waals surface area contributed by atoms with Crippen LogP contribution in [0.5, 0.6) is 0 Å². The minimum atomic E-state index is -0.221. The number of aliphatic hydroxyl groups excluding tert-OH is 1. The van der Waals surface area contributed by atoms with Gasteiger partial charge in [0.25, 0.3) is 0 Å². The molecule has 0 spiro atoms. The van der Waals surface area contributed by atoms with Gasteiger partial charge >= 0.3 is 0 Å². The minimum absolute atomic E-state index is 0.221. The molecule has 0 unspecified atom stereocenters. The maximum absolute atomic E-state index is 13.3. The molecule has 0 bridgehead atoms. The molecule has 5 heteroatoms. The van der Waals surface area contributed by atoms with E-state index in [0.29, 0.717) is 12.5 Å². The summed E-state index contributed by atoms with van der Waals surface area (Å²) in [6, 6.07) is 10.5. The van der Waals surface area contributed by atoms with Crippen LogP contribution in [0.2, 0.25) is 0 Å². The summed E-state index contributed by atoms with van der Waals surface area (Å²) in [6.07, 6.45) is 3.76. The molecule has 1 aliphatic heterocycles. The van der Waals surface area contributed by atoms with E-state index < -0.39 is 0 Å². The zero-order valence-corrected chi connectivity index (χ0v) is 13.1. The van der Waals surface area contributed by atoms with Crippen LogP contribution in [0.1, 0.15) is 18.4 Å². The number of piperidine rings is 1. The number of nitrogens with zero attached hydrogens (tertiary/aromatic N) is 2. The molecule has 1 fully saturated rings. The zero-order valence-electron chi connectivity index (χ0n) is 13.1. The lowest BCUT2D eigenvalue weighted by Crippen LogP contribution is -2.35. The first-order chi connectivity index (χ1) is 11.3. The third-order valence-electron chi connectivity index (χ3n) is 4.33. The van der Waals surface area contributed by atoms with Gasteiger partial charge in [-0.2, -0.15) is 0 Å². The van der Waals surface area contributed by atoms with E-state index >= 15 is 0 Å². The average molecular weight is 315 g/mol. The summed E-state index contributed by atoms with van der Waals surface area (Å²) in [6.45, 7) is 2.62. The molecule has 122 valence electrons. The highest BCUT2D eigenvalue weighted by atomic mass is 19.1. The summed E-state index contributed by atoms with van der Waals surface area (Å²) in [4.78, 5) is 6.76. The quantitative estimate of drug-likeness (QED) is 0.890. The van der Waals surface area contributed by atoms with Gasteiger partial charge in [0.05, 0.1) is 5.69 Å². The Kier molecular flexibility index (Phi) is 5.08. The van der Waals surface area contributed by atoms with Crippen molar-refractivity contribution in [3.05, 3.63) is 54.0 Å². The van der Waals surface area contributed by atoms with Gasteiger partial charge in [-0.3, -0.25) is 0 Å². The fourth-order valence-corrected chi connectivity index (χ4v) is 2.96. The number of pyridine rings is 1. The second-order valence-corrected chi connectivity index (χ2v) is 5.97. The maximum Gasteiger partial charge on any atom is 0.151 e. The number of rotatable bonds is 5.